The molecule has 0 saturated heterocycles. The largest absolute Gasteiger partial charge is 0.455 e. The van der Waals surface area contributed by atoms with Crippen LogP contribution in [0.25, 0.3) is 5.69 Å². The molecule has 5 nitrogen and oxygen atoms in total. The van der Waals surface area contributed by atoms with Gasteiger partial charge in [0.05, 0.1) is 23.6 Å². The molecule has 0 fully saturated rings. The molecule has 2 aromatic carbocycles. The first-order valence-electron chi connectivity index (χ1n) is 9.13. The third-order valence-electron chi connectivity index (χ3n) is 4.44. The molecule has 2 heterocycles. The van der Waals surface area contributed by atoms with E-state index in [1.54, 1.807) is 6.33 Å². The van der Waals surface area contributed by atoms with Crippen LogP contribution < -0.4 is 0 Å². The molecule has 3 aromatic rings. The van der Waals surface area contributed by atoms with Crippen molar-refractivity contribution in [3.05, 3.63) is 81.4 Å². The number of esters is 1. The molecule has 0 N–H and O–H groups in total. The number of aromatic nitrogens is 2. The fourth-order valence-corrected chi connectivity index (χ4v) is 3.53. The van der Waals surface area contributed by atoms with Crippen molar-refractivity contribution in [1.29, 1.82) is 0 Å². The zero-order chi connectivity index (χ0) is 20.8. The van der Waals surface area contributed by atoms with Gasteiger partial charge in [0.2, 0.25) is 0 Å². The van der Waals surface area contributed by atoms with Crippen molar-refractivity contribution in [3.8, 4) is 5.69 Å². The number of rotatable bonds is 2. The highest BCUT2D eigenvalue weighted by Crippen LogP contribution is 2.29. The number of ether oxygens (including phenoxy) is 1. The van der Waals surface area contributed by atoms with Crippen LogP contribution >= 0.6 is 23.2 Å². The van der Waals surface area contributed by atoms with Crippen LogP contribution in [0.3, 0.4) is 0 Å². The maximum atomic E-state index is 12.7. The second kappa shape index (κ2) is 7.32. The van der Waals surface area contributed by atoms with Gasteiger partial charge in [-0.15, -0.1) is 0 Å². The maximum Gasteiger partial charge on any atom is 0.359 e. The van der Waals surface area contributed by atoms with E-state index < -0.39 is 11.6 Å². The van der Waals surface area contributed by atoms with E-state index in [-0.39, 0.29) is 12.2 Å². The Kier molecular flexibility index (Phi) is 4.97. The van der Waals surface area contributed by atoms with Gasteiger partial charge in [0.25, 0.3) is 0 Å². The molecule has 0 spiro atoms. The standard InChI is InChI=1S/C22H19Cl2N3O2/c1-22(2,3)29-21(28)20-18-11-25-19(13-4-6-14(23)7-5-13)16-10-15(24)8-9-17(16)27(18)12-26-20/h4-10,12H,11H2,1-3H3. The Bertz CT molecular complexity index is 1130. The molecule has 0 radical (unpaired) electrons. The van der Waals surface area contributed by atoms with Crippen molar-refractivity contribution in [3.63, 3.8) is 0 Å². The third kappa shape index (κ3) is 3.93. The predicted octanol–water partition coefficient (Wildman–Crippen LogP) is 5.49. The number of benzene rings is 2. The number of carbonyl (C=O) groups is 1. The van der Waals surface area contributed by atoms with Crippen LogP contribution in [0.1, 0.15) is 48.1 Å². The molecule has 1 aliphatic rings. The maximum absolute atomic E-state index is 12.7. The summed E-state index contributed by atoms with van der Waals surface area (Å²) in [6.07, 6.45) is 1.63. The van der Waals surface area contributed by atoms with Gasteiger partial charge in [0.15, 0.2) is 5.69 Å². The average Bonchev–Trinajstić information content (AvgIpc) is 2.99. The zero-order valence-electron chi connectivity index (χ0n) is 16.2. The molecule has 0 bridgehead atoms. The Hall–Kier alpha value is -2.63. The van der Waals surface area contributed by atoms with Crippen molar-refractivity contribution in [1.82, 2.24) is 9.55 Å². The number of fused-ring (bicyclic) bond motifs is 3. The van der Waals surface area contributed by atoms with Gasteiger partial charge in [-0.05, 0) is 51.1 Å². The van der Waals surface area contributed by atoms with Gasteiger partial charge >= 0.3 is 5.97 Å². The molecule has 29 heavy (non-hydrogen) atoms. The smallest absolute Gasteiger partial charge is 0.359 e. The molecule has 4 rings (SSSR count). The topological polar surface area (TPSA) is 56.5 Å². The Morgan fingerprint density at radius 3 is 2.45 bits per heavy atom. The van der Waals surface area contributed by atoms with Crippen LogP contribution in [0.5, 0.6) is 0 Å². The average molecular weight is 428 g/mol. The van der Waals surface area contributed by atoms with Crippen LogP contribution in [0, 0.1) is 0 Å². The lowest BCUT2D eigenvalue weighted by atomic mass is 10.0. The Morgan fingerprint density at radius 2 is 1.76 bits per heavy atom. The van der Waals surface area contributed by atoms with Crippen molar-refractivity contribution < 1.29 is 9.53 Å². The van der Waals surface area contributed by atoms with Crippen molar-refractivity contribution >= 4 is 34.9 Å². The lowest BCUT2D eigenvalue weighted by Gasteiger charge is -2.19. The van der Waals surface area contributed by atoms with E-state index in [9.17, 15) is 4.79 Å². The van der Waals surface area contributed by atoms with Crippen molar-refractivity contribution in [2.45, 2.75) is 32.9 Å². The number of imidazole rings is 1. The molecule has 1 aliphatic heterocycles. The minimum absolute atomic E-state index is 0.266. The first kappa shape index (κ1) is 19.7. The SMILES string of the molecule is CC(C)(C)OC(=O)c1ncn2c1CN=C(c1ccc(Cl)cc1)c1cc(Cl)ccc1-2. The summed E-state index contributed by atoms with van der Waals surface area (Å²) in [4.78, 5) is 21.8. The lowest BCUT2D eigenvalue weighted by molar-refractivity contribution is 0.00621. The molecule has 148 valence electrons. The number of hydrogen-bond acceptors (Lipinski definition) is 4. The summed E-state index contributed by atoms with van der Waals surface area (Å²) < 4.78 is 7.39. The monoisotopic (exact) mass is 427 g/mol. The van der Waals surface area contributed by atoms with E-state index in [1.165, 1.54) is 0 Å². The fourth-order valence-electron chi connectivity index (χ4n) is 3.23. The highest BCUT2D eigenvalue weighted by molar-refractivity contribution is 6.32. The second-order valence-electron chi connectivity index (χ2n) is 7.74. The molecular formula is C22H19Cl2N3O2. The number of carbonyl (C=O) groups excluding carboxylic acids is 1. The fraction of sp³-hybridized carbons (Fsp3) is 0.227. The normalized spacial score (nSPS) is 13.2. The van der Waals surface area contributed by atoms with Gasteiger partial charge in [0, 0.05) is 21.2 Å². The molecule has 0 saturated carbocycles. The highest BCUT2D eigenvalue weighted by Gasteiger charge is 2.27. The zero-order valence-corrected chi connectivity index (χ0v) is 17.8. The van der Waals surface area contributed by atoms with E-state index in [1.807, 2.05) is 67.8 Å². The minimum atomic E-state index is -0.610. The van der Waals surface area contributed by atoms with E-state index >= 15 is 0 Å². The number of aliphatic imine (C=N–C) groups is 1. The van der Waals surface area contributed by atoms with Gasteiger partial charge in [0.1, 0.15) is 11.9 Å². The van der Waals surface area contributed by atoms with Crippen LogP contribution in [0.4, 0.5) is 0 Å². The highest BCUT2D eigenvalue weighted by atomic mass is 35.5. The summed E-state index contributed by atoms with van der Waals surface area (Å²) in [5.74, 6) is -0.466. The Labute approximate surface area is 179 Å². The lowest BCUT2D eigenvalue weighted by Crippen LogP contribution is -2.24. The van der Waals surface area contributed by atoms with Gasteiger partial charge < -0.3 is 4.74 Å². The third-order valence-corrected chi connectivity index (χ3v) is 4.92. The van der Waals surface area contributed by atoms with Gasteiger partial charge in [-0.3, -0.25) is 9.56 Å². The second-order valence-corrected chi connectivity index (χ2v) is 8.62. The number of nitrogens with zero attached hydrogens (tertiary/aromatic N) is 3. The molecular weight excluding hydrogens is 409 g/mol. The van der Waals surface area contributed by atoms with Gasteiger partial charge in [-0.2, -0.15) is 0 Å². The van der Waals surface area contributed by atoms with E-state index in [4.69, 9.17) is 32.9 Å². The van der Waals surface area contributed by atoms with E-state index in [0.717, 1.165) is 22.5 Å². The summed E-state index contributed by atoms with van der Waals surface area (Å²) in [6, 6.07) is 13.1. The Balaban J connectivity index is 1.86. The summed E-state index contributed by atoms with van der Waals surface area (Å²) in [5, 5.41) is 1.25. The summed E-state index contributed by atoms with van der Waals surface area (Å²) >= 11 is 12.3. The number of halogens is 2. The first-order valence-corrected chi connectivity index (χ1v) is 9.89. The van der Waals surface area contributed by atoms with Crippen LogP contribution in [0.2, 0.25) is 10.0 Å². The van der Waals surface area contributed by atoms with Crippen molar-refractivity contribution in [2.24, 2.45) is 4.99 Å². The van der Waals surface area contributed by atoms with Crippen LogP contribution in [0.15, 0.2) is 53.8 Å². The van der Waals surface area contributed by atoms with Crippen LogP contribution in [-0.4, -0.2) is 26.8 Å². The predicted molar refractivity (Wildman–Crippen MR) is 115 cm³/mol. The first-order chi connectivity index (χ1) is 13.7. The molecule has 0 aliphatic carbocycles. The van der Waals surface area contributed by atoms with E-state index in [0.29, 0.717) is 15.7 Å². The van der Waals surface area contributed by atoms with E-state index in [2.05, 4.69) is 4.98 Å². The quantitative estimate of drug-likeness (QED) is 0.508. The summed E-state index contributed by atoms with van der Waals surface area (Å²) in [7, 11) is 0. The molecule has 0 amide bonds. The molecule has 0 atom stereocenters. The molecule has 0 unspecified atom stereocenters. The van der Waals surface area contributed by atoms with Crippen LogP contribution in [-0.2, 0) is 11.3 Å². The summed E-state index contributed by atoms with van der Waals surface area (Å²) in [5.41, 5.74) is 3.72. The number of hydrogen-bond donors (Lipinski definition) is 0. The van der Waals surface area contributed by atoms with Crippen molar-refractivity contribution in [2.75, 3.05) is 0 Å². The molecule has 1 aromatic heterocycles. The molecule has 7 heteroatoms. The van der Waals surface area contributed by atoms with Gasteiger partial charge in [-0.1, -0.05) is 35.3 Å². The Morgan fingerprint density at radius 1 is 1.07 bits per heavy atom. The van der Waals surface area contributed by atoms with Gasteiger partial charge in [-0.25, -0.2) is 9.78 Å². The summed E-state index contributed by atoms with van der Waals surface area (Å²) in [6.45, 7) is 5.76. The minimum Gasteiger partial charge on any atom is -0.455 e.